The van der Waals surface area contributed by atoms with Gasteiger partial charge in [-0.15, -0.1) is 0 Å². The third-order valence-corrected chi connectivity index (χ3v) is 3.96. The number of benzene rings is 1. The van der Waals surface area contributed by atoms with Crippen molar-refractivity contribution in [3.8, 4) is 6.07 Å². The molecule has 18 heavy (non-hydrogen) atoms. The fourth-order valence-electron chi connectivity index (χ4n) is 1.36. The van der Waals surface area contributed by atoms with Crippen LogP contribution in [0.5, 0.6) is 0 Å². The zero-order chi connectivity index (χ0) is 13.1. The number of rotatable bonds is 2. The number of pyridine rings is 1. The molecule has 0 spiro atoms. The number of nitriles is 1. The predicted molar refractivity (Wildman–Crippen MR) is 74.3 cm³/mol. The Morgan fingerprint density at radius 3 is 2.72 bits per heavy atom. The van der Waals surface area contributed by atoms with Crippen molar-refractivity contribution in [1.82, 2.24) is 4.98 Å². The van der Waals surface area contributed by atoms with Crippen LogP contribution in [0.4, 0.5) is 0 Å². The standard InChI is InChI=1S/C13H8Cl2N2S/c1-8-2-3-9(7-16)13(17-8)18-12-6-10(14)4-5-11(12)15/h2-6H,1H3. The van der Waals surface area contributed by atoms with Crippen molar-refractivity contribution in [2.75, 3.05) is 0 Å². The molecule has 0 unspecified atom stereocenters. The molecule has 0 atom stereocenters. The highest BCUT2D eigenvalue weighted by atomic mass is 35.5. The quantitative estimate of drug-likeness (QED) is 0.804. The van der Waals surface area contributed by atoms with Gasteiger partial charge in [0.1, 0.15) is 11.1 Å². The second kappa shape index (κ2) is 5.62. The minimum Gasteiger partial charge on any atom is -0.245 e. The molecule has 0 N–H and O–H groups in total. The molecule has 90 valence electrons. The van der Waals surface area contributed by atoms with Gasteiger partial charge in [0.25, 0.3) is 0 Å². The SMILES string of the molecule is Cc1ccc(C#N)c(Sc2cc(Cl)ccc2Cl)n1. The summed E-state index contributed by atoms with van der Waals surface area (Å²) in [6, 6.07) is 10.9. The molecule has 1 aromatic carbocycles. The van der Waals surface area contributed by atoms with Crippen molar-refractivity contribution < 1.29 is 0 Å². The van der Waals surface area contributed by atoms with Crippen LogP contribution in [0.2, 0.25) is 10.0 Å². The van der Waals surface area contributed by atoms with Crippen LogP contribution in [0.3, 0.4) is 0 Å². The lowest BCUT2D eigenvalue weighted by molar-refractivity contribution is 1.05. The normalized spacial score (nSPS) is 10.1. The lowest BCUT2D eigenvalue weighted by Gasteiger charge is -2.06. The Morgan fingerprint density at radius 2 is 2.00 bits per heavy atom. The zero-order valence-corrected chi connectivity index (χ0v) is 11.8. The molecule has 0 saturated heterocycles. The summed E-state index contributed by atoms with van der Waals surface area (Å²) < 4.78 is 0. The highest BCUT2D eigenvalue weighted by molar-refractivity contribution is 7.99. The molecular weight excluding hydrogens is 287 g/mol. The third kappa shape index (κ3) is 2.97. The molecule has 0 radical (unpaired) electrons. The highest BCUT2D eigenvalue weighted by Gasteiger charge is 2.09. The number of halogens is 2. The van der Waals surface area contributed by atoms with Crippen molar-refractivity contribution in [2.45, 2.75) is 16.8 Å². The van der Waals surface area contributed by atoms with Gasteiger partial charge in [-0.3, -0.25) is 0 Å². The zero-order valence-electron chi connectivity index (χ0n) is 9.45. The minimum absolute atomic E-state index is 0.529. The maximum Gasteiger partial charge on any atom is 0.119 e. The largest absolute Gasteiger partial charge is 0.245 e. The highest BCUT2D eigenvalue weighted by Crippen LogP contribution is 2.35. The van der Waals surface area contributed by atoms with E-state index < -0.39 is 0 Å². The number of aryl methyl sites for hydroxylation is 1. The van der Waals surface area contributed by atoms with Crippen LogP contribution in [0.15, 0.2) is 40.3 Å². The molecule has 2 nitrogen and oxygen atoms in total. The summed E-state index contributed by atoms with van der Waals surface area (Å²) in [6.45, 7) is 1.88. The average molecular weight is 295 g/mol. The smallest absolute Gasteiger partial charge is 0.119 e. The summed E-state index contributed by atoms with van der Waals surface area (Å²) in [6.07, 6.45) is 0. The first-order valence-corrected chi connectivity index (χ1v) is 6.68. The molecule has 2 aromatic rings. The van der Waals surface area contributed by atoms with Gasteiger partial charge in [-0.25, -0.2) is 4.98 Å². The van der Waals surface area contributed by atoms with E-state index in [0.717, 1.165) is 10.6 Å². The minimum atomic E-state index is 0.529. The van der Waals surface area contributed by atoms with Gasteiger partial charge in [-0.1, -0.05) is 35.0 Å². The lowest BCUT2D eigenvalue weighted by Crippen LogP contribution is -1.89. The first kappa shape index (κ1) is 13.2. The van der Waals surface area contributed by atoms with Crippen LogP contribution in [0.25, 0.3) is 0 Å². The average Bonchev–Trinajstić information content (AvgIpc) is 2.34. The third-order valence-electron chi connectivity index (χ3n) is 2.22. The van der Waals surface area contributed by atoms with Gasteiger partial charge in [0.2, 0.25) is 0 Å². The van der Waals surface area contributed by atoms with Gasteiger partial charge < -0.3 is 0 Å². The topological polar surface area (TPSA) is 36.7 Å². The Hall–Kier alpha value is -1.21. The Balaban J connectivity index is 2.43. The van der Waals surface area contributed by atoms with Crippen molar-refractivity contribution in [2.24, 2.45) is 0 Å². The van der Waals surface area contributed by atoms with E-state index >= 15 is 0 Å². The van der Waals surface area contributed by atoms with Crippen LogP contribution >= 0.6 is 35.0 Å². The molecule has 0 amide bonds. The van der Waals surface area contributed by atoms with Crippen LogP contribution in [0, 0.1) is 18.3 Å². The van der Waals surface area contributed by atoms with Crippen LogP contribution in [0.1, 0.15) is 11.3 Å². The Kier molecular flexibility index (Phi) is 4.13. The molecule has 0 aliphatic heterocycles. The van der Waals surface area contributed by atoms with Gasteiger partial charge in [-0.05, 0) is 37.3 Å². The molecule has 0 aliphatic carbocycles. The van der Waals surface area contributed by atoms with Gasteiger partial charge in [0, 0.05) is 15.6 Å². The monoisotopic (exact) mass is 294 g/mol. The van der Waals surface area contributed by atoms with Gasteiger partial charge in [0.15, 0.2) is 0 Å². The molecule has 0 fully saturated rings. The van der Waals surface area contributed by atoms with E-state index in [9.17, 15) is 0 Å². The summed E-state index contributed by atoms with van der Waals surface area (Å²) in [7, 11) is 0. The van der Waals surface area contributed by atoms with E-state index in [1.54, 1.807) is 24.3 Å². The van der Waals surface area contributed by atoms with Crippen molar-refractivity contribution in [3.63, 3.8) is 0 Å². The van der Waals surface area contributed by atoms with Crippen LogP contribution in [-0.4, -0.2) is 4.98 Å². The van der Waals surface area contributed by atoms with Gasteiger partial charge in [0.05, 0.1) is 10.6 Å². The first-order chi connectivity index (χ1) is 8.60. The summed E-state index contributed by atoms with van der Waals surface area (Å²) in [5.41, 5.74) is 1.39. The van der Waals surface area contributed by atoms with Crippen molar-refractivity contribution >= 4 is 35.0 Å². The van der Waals surface area contributed by atoms with E-state index in [1.165, 1.54) is 11.8 Å². The van der Waals surface area contributed by atoms with Gasteiger partial charge in [-0.2, -0.15) is 5.26 Å². The van der Waals surface area contributed by atoms with Crippen LogP contribution < -0.4 is 0 Å². The molecule has 2 rings (SSSR count). The molecule has 1 aromatic heterocycles. The molecule has 0 aliphatic rings. The second-order valence-corrected chi connectivity index (χ2v) is 5.47. The van der Waals surface area contributed by atoms with Crippen molar-refractivity contribution in [1.29, 1.82) is 5.26 Å². The van der Waals surface area contributed by atoms with E-state index in [2.05, 4.69) is 11.1 Å². The van der Waals surface area contributed by atoms with Crippen molar-refractivity contribution in [3.05, 3.63) is 51.6 Å². The molecule has 0 saturated carbocycles. The lowest BCUT2D eigenvalue weighted by atomic mass is 10.3. The van der Waals surface area contributed by atoms with E-state index in [0.29, 0.717) is 20.6 Å². The fraction of sp³-hybridized carbons (Fsp3) is 0.0769. The van der Waals surface area contributed by atoms with Crippen LogP contribution in [-0.2, 0) is 0 Å². The molecule has 0 bridgehead atoms. The summed E-state index contributed by atoms with van der Waals surface area (Å²) in [4.78, 5) is 5.14. The molecule has 5 heteroatoms. The maximum atomic E-state index is 9.05. The van der Waals surface area contributed by atoms with E-state index in [1.807, 2.05) is 13.0 Å². The first-order valence-electron chi connectivity index (χ1n) is 5.11. The summed E-state index contributed by atoms with van der Waals surface area (Å²) in [5, 5.41) is 10.9. The van der Waals surface area contributed by atoms with E-state index in [4.69, 9.17) is 28.5 Å². The predicted octanol–water partition coefficient (Wildman–Crippen LogP) is 4.72. The number of hydrogen-bond donors (Lipinski definition) is 0. The Bertz CT molecular complexity index is 635. The van der Waals surface area contributed by atoms with Gasteiger partial charge >= 0.3 is 0 Å². The summed E-state index contributed by atoms with van der Waals surface area (Å²) >= 11 is 13.4. The Labute approximate surface area is 120 Å². The van der Waals surface area contributed by atoms with E-state index in [-0.39, 0.29) is 0 Å². The summed E-state index contributed by atoms with van der Waals surface area (Å²) in [5.74, 6) is 0. The number of nitrogens with zero attached hydrogens (tertiary/aromatic N) is 2. The molecular formula is C13H8Cl2N2S. The second-order valence-electron chi connectivity index (χ2n) is 3.59. The number of aromatic nitrogens is 1. The Morgan fingerprint density at radius 1 is 1.22 bits per heavy atom. The fourth-order valence-corrected chi connectivity index (χ4v) is 2.80. The molecule has 1 heterocycles. The maximum absolute atomic E-state index is 9.05. The number of hydrogen-bond acceptors (Lipinski definition) is 3.